The zero-order valence-electron chi connectivity index (χ0n) is 14.2. The average molecular weight is 318 g/mol. The fraction of sp³-hybridized carbons (Fsp3) is 0.500. The number of carbonyl (C=O) groups excluding carboxylic acids is 1. The van der Waals surface area contributed by atoms with Crippen molar-refractivity contribution in [1.29, 1.82) is 0 Å². The average Bonchev–Trinajstić information content (AvgIpc) is 2.56. The fourth-order valence-corrected chi connectivity index (χ4v) is 2.60. The highest BCUT2D eigenvalue weighted by Crippen LogP contribution is 2.12. The zero-order valence-corrected chi connectivity index (χ0v) is 14.2. The number of amides is 1. The third-order valence-corrected chi connectivity index (χ3v) is 4.23. The summed E-state index contributed by atoms with van der Waals surface area (Å²) >= 11 is 0. The molecule has 2 rings (SSSR count). The minimum atomic E-state index is -0.450. The van der Waals surface area contributed by atoms with Gasteiger partial charge in [-0.1, -0.05) is 13.3 Å². The number of rotatable bonds is 4. The van der Waals surface area contributed by atoms with Crippen LogP contribution < -0.4 is 11.2 Å². The Morgan fingerprint density at radius 1 is 1.30 bits per heavy atom. The second kappa shape index (κ2) is 6.36. The molecule has 124 valence electrons. The molecule has 0 fully saturated rings. The van der Waals surface area contributed by atoms with E-state index in [1.165, 1.54) is 23.9 Å². The lowest BCUT2D eigenvalue weighted by Crippen LogP contribution is -2.38. The molecule has 1 amide bonds. The van der Waals surface area contributed by atoms with Crippen LogP contribution in [-0.4, -0.2) is 38.0 Å². The SMILES string of the molecule is CCC[C@@H](C)N(C)C(=O)c1cnc2c(c1)c(=O)n(C)c(=O)n2C. The standard InChI is InChI=1S/C16H22N4O3/c1-6-7-10(2)18(3)14(21)11-8-12-13(17-9-11)19(4)16(23)20(5)15(12)22/h8-10H,6-7H2,1-5H3/t10-/m1/s1. The summed E-state index contributed by atoms with van der Waals surface area (Å²) in [7, 11) is 4.70. The Hall–Kier alpha value is -2.44. The van der Waals surface area contributed by atoms with E-state index in [0.717, 1.165) is 17.4 Å². The summed E-state index contributed by atoms with van der Waals surface area (Å²) in [6.07, 6.45) is 3.30. The quantitative estimate of drug-likeness (QED) is 0.839. The smallest absolute Gasteiger partial charge is 0.332 e. The second-order valence-electron chi connectivity index (χ2n) is 5.85. The van der Waals surface area contributed by atoms with Crippen LogP contribution in [0.2, 0.25) is 0 Å². The molecular weight excluding hydrogens is 296 g/mol. The Labute approximate surface area is 134 Å². The molecule has 7 heteroatoms. The van der Waals surface area contributed by atoms with E-state index in [1.54, 1.807) is 19.0 Å². The first-order valence-electron chi connectivity index (χ1n) is 7.62. The highest BCUT2D eigenvalue weighted by molar-refractivity contribution is 5.96. The van der Waals surface area contributed by atoms with Crippen molar-refractivity contribution in [2.45, 2.75) is 32.7 Å². The molecule has 0 spiro atoms. The first kappa shape index (κ1) is 16.9. The summed E-state index contributed by atoms with van der Waals surface area (Å²) in [5.41, 5.74) is -0.269. The molecule has 0 radical (unpaired) electrons. The third-order valence-electron chi connectivity index (χ3n) is 4.23. The topological polar surface area (TPSA) is 77.2 Å². The van der Waals surface area contributed by atoms with Gasteiger partial charge in [0.1, 0.15) is 5.65 Å². The van der Waals surface area contributed by atoms with Crippen LogP contribution in [0.1, 0.15) is 37.0 Å². The van der Waals surface area contributed by atoms with Crippen LogP contribution in [0.5, 0.6) is 0 Å². The van der Waals surface area contributed by atoms with Gasteiger partial charge in [-0.2, -0.15) is 0 Å². The van der Waals surface area contributed by atoms with E-state index in [0.29, 0.717) is 5.56 Å². The molecule has 0 aromatic carbocycles. The number of carbonyl (C=O) groups is 1. The fourth-order valence-electron chi connectivity index (χ4n) is 2.60. The molecule has 0 aliphatic carbocycles. The lowest BCUT2D eigenvalue weighted by Gasteiger charge is -2.24. The summed E-state index contributed by atoms with van der Waals surface area (Å²) in [6, 6.07) is 1.62. The molecule has 0 bridgehead atoms. The van der Waals surface area contributed by atoms with Crippen LogP contribution in [0.3, 0.4) is 0 Å². The van der Waals surface area contributed by atoms with Crippen molar-refractivity contribution >= 4 is 16.9 Å². The molecule has 0 saturated carbocycles. The molecule has 0 saturated heterocycles. The predicted molar refractivity (Wildman–Crippen MR) is 88.7 cm³/mol. The van der Waals surface area contributed by atoms with E-state index in [2.05, 4.69) is 11.9 Å². The lowest BCUT2D eigenvalue weighted by atomic mass is 10.1. The van der Waals surface area contributed by atoms with Gasteiger partial charge in [0.2, 0.25) is 0 Å². The zero-order chi connectivity index (χ0) is 17.3. The van der Waals surface area contributed by atoms with Gasteiger partial charge in [-0.3, -0.25) is 18.7 Å². The van der Waals surface area contributed by atoms with E-state index >= 15 is 0 Å². The number of aromatic nitrogens is 3. The second-order valence-corrected chi connectivity index (χ2v) is 5.85. The maximum Gasteiger partial charge on any atom is 0.332 e. The highest BCUT2D eigenvalue weighted by atomic mass is 16.2. The van der Waals surface area contributed by atoms with Crippen LogP contribution in [0, 0.1) is 0 Å². The van der Waals surface area contributed by atoms with E-state index in [4.69, 9.17) is 0 Å². The Morgan fingerprint density at radius 3 is 2.57 bits per heavy atom. The highest BCUT2D eigenvalue weighted by Gasteiger charge is 2.19. The minimum absolute atomic E-state index is 0.103. The van der Waals surface area contributed by atoms with Gasteiger partial charge < -0.3 is 4.90 Å². The third kappa shape index (κ3) is 2.91. The number of hydrogen-bond acceptors (Lipinski definition) is 4. The van der Waals surface area contributed by atoms with Gasteiger partial charge in [0.25, 0.3) is 11.5 Å². The largest absolute Gasteiger partial charge is 0.339 e. The van der Waals surface area contributed by atoms with Crippen molar-refractivity contribution in [3.8, 4) is 0 Å². The van der Waals surface area contributed by atoms with Crippen molar-refractivity contribution < 1.29 is 4.79 Å². The summed E-state index contributed by atoms with van der Waals surface area (Å²) in [5, 5.41) is 0.261. The van der Waals surface area contributed by atoms with Crippen LogP contribution in [-0.2, 0) is 14.1 Å². The normalized spacial score (nSPS) is 12.4. The number of aryl methyl sites for hydroxylation is 1. The van der Waals surface area contributed by atoms with Crippen LogP contribution in [0.15, 0.2) is 21.9 Å². The van der Waals surface area contributed by atoms with E-state index in [9.17, 15) is 14.4 Å². The van der Waals surface area contributed by atoms with Gasteiger partial charge in [0.15, 0.2) is 0 Å². The van der Waals surface area contributed by atoms with Crippen molar-refractivity contribution in [2.75, 3.05) is 7.05 Å². The minimum Gasteiger partial charge on any atom is -0.339 e. The van der Waals surface area contributed by atoms with E-state index < -0.39 is 11.2 Å². The Kier molecular flexibility index (Phi) is 4.68. The van der Waals surface area contributed by atoms with Gasteiger partial charge in [-0.05, 0) is 19.4 Å². The molecule has 7 nitrogen and oxygen atoms in total. The van der Waals surface area contributed by atoms with Crippen molar-refractivity contribution in [1.82, 2.24) is 19.0 Å². The summed E-state index contributed by atoms with van der Waals surface area (Å²) in [4.78, 5) is 42.5. The van der Waals surface area contributed by atoms with Crippen LogP contribution in [0.4, 0.5) is 0 Å². The predicted octanol–water partition coefficient (Wildman–Crippen LogP) is 0.893. The lowest BCUT2D eigenvalue weighted by molar-refractivity contribution is 0.0736. The number of nitrogens with zero attached hydrogens (tertiary/aromatic N) is 4. The molecule has 2 heterocycles. The summed E-state index contributed by atoms with van der Waals surface area (Å²) in [5.74, 6) is -0.184. The molecule has 23 heavy (non-hydrogen) atoms. The molecule has 0 unspecified atom stereocenters. The Bertz CT molecular complexity index is 866. The monoisotopic (exact) mass is 318 g/mol. The van der Waals surface area contributed by atoms with Crippen LogP contribution >= 0.6 is 0 Å². The Balaban J connectivity index is 2.55. The van der Waals surface area contributed by atoms with Gasteiger partial charge >= 0.3 is 5.69 Å². The molecular formula is C16H22N4O3. The maximum atomic E-state index is 12.6. The summed E-state index contributed by atoms with van der Waals surface area (Å²) in [6.45, 7) is 4.05. The van der Waals surface area contributed by atoms with Crippen molar-refractivity contribution in [3.05, 3.63) is 38.7 Å². The van der Waals surface area contributed by atoms with Crippen LogP contribution in [0.25, 0.3) is 11.0 Å². The van der Waals surface area contributed by atoms with Gasteiger partial charge in [0.05, 0.1) is 10.9 Å². The number of fused-ring (bicyclic) bond motifs is 1. The van der Waals surface area contributed by atoms with Crippen molar-refractivity contribution in [3.63, 3.8) is 0 Å². The molecule has 0 aliphatic rings. The molecule has 2 aromatic rings. The van der Waals surface area contributed by atoms with Gasteiger partial charge in [-0.15, -0.1) is 0 Å². The first-order chi connectivity index (χ1) is 10.8. The first-order valence-corrected chi connectivity index (χ1v) is 7.62. The molecule has 0 N–H and O–H groups in total. The number of pyridine rings is 1. The van der Waals surface area contributed by atoms with Gasteiger partial charge in [-0.25, -0.2) is 9.78 Å². The summed E-state index contributed by atoms with van der Waals surface area (Å²) < 4.78 is 2.32. The number of hydrogen-bond donors (Lipinski definition) is 0. The van der Waals surface area contributed by atoms with E-state index in [-0.39, 0.29) is 23.0 Å². The van der Waals surface area contributed by atoms with Gasteiger partial charge in [0, 0.05) is 33.4 Å². The maximum absolute atomic E-state index is 12.6. The van der Waals surface area contributed by atoms with Crippen molar-refractivity contribution in [2.24, 2.45) is 14.1 Å². The molecule has 1 atom stereocenters. The Morgan fingerprint density at radius 2 is 1.96 bits per heavy atom. The molecule has 2 aromatic heterocycles. The van der Waals surface area contributed by atoms with E-state index in [1.807, 2.05) is 6.92 Å². The molecule has 0 aliphatic heterocycles.